The van der Waals surface area contributed by atoms with Crippen molar-refractivity contribution < 1.29 is 4.79 Å². The number of carbonyl (C=O) groups is 1. The third kappa shape index (κ3) is 2.54. The Morgan fingerprint density at radius 3 is 2.78 bits per heavy atom. The number of nitrogens with zero attached hydrogens (tertiary/aromatic N) is 2. The van der Waals surface area contributed by atoms with Gasteiger partial charge in [-0.3, -0.25) is 9.69 Å². The van der Waals surface area contributed by atoms with Crippen LogP contribution in [0.15, 0.2) is 0 Å². The normalized spacial score (nSPS) is 29.4. The van der Waals surface area contributed by atoms with Crippen LogP contribution in [0.4, 0.5) is 0 Å². The van der Waals surface area contributed by atoms with Crippen molar-refractivity contribution in [1.29, 1.82) is 0 Å². The number of piperazine rings is 1. The molecule has 18 heavy (non-hydrogen) atoms. The topological polar surface area (TPSA) is 35.6 Å². The van der Waals surface area contributed by atoms with E-state index in [1.165, 1.54) is 19.4 Å². The smallest absolute Gasteiger partial charge is 0.242 e. The zero-order valence-electron chi connectivity index (χ0n) is 12.2. The lowest BCUT2D eigenvalue weighted by molar-refractivity contribution is -0.142. The van der Waals surface area contributed by atoms with Crippen LogP contribution in [0.1, 0.15) is 40.5 Å². The first kappa shape index (κ1) is 13.8. The molecule has 0 aromatic heterocycles. The fourth-order valence-corrected chi connectivity index (χ4v) is 3.35. The van der Waals surface area contributed by atoms with Crippen LogP contribution in [-0.2, 0) is 4.79 Å². The summed E-state index contributed by atoms with van der Waals surface area (Å²) in [6, 6.07) is 0.937. The molecule has 0 aromatic carbocycles. The number of hydrogen-bond donors (Lipinski definition) is 1. The quantitative estimate of drug-likeness (QED) is 0.817. The first-order chi connectivity index (χ1) is 8.45. The molecule has 2 fully saturated rings. The van der Waals surface area contributed by atoms with E-state index >= 15 is 0 Å². The zero-order valence-corrected chi connectivity index (χ0v) is 12.2. The lowest BCUT2D eigenvalue weighted by atomic mass is 9.99. The van der Waals surface area contributed by atoms with Crippen LogP contribution in [-0.4, -0.2) is 59.5 Å². The molecule has 0 aliphatic carbocycles. The van der Waals surface area contributed by atoms with Crippen LogP contribution in [0.3, 0.4) is 0 Å². The minimum Gasteiger partial charge on any atom is -0.336 e. The van der Waals surface area contributed by atoms with Gasteiger partial charge in [-0.25, -0.2) is 0 Å². The fourth-order valence-electron chi connectivity index (χ4n) is 3.35. The van der Waals surface area contributed by atoms with E-state index in [-0.39, 0.29) is 5.91 Å². The van der Waals surface area contributed by atoms with Gasteiger partial charge in [0.1, 0.15) is 0 Å². The monoisotopic (exact) mass is 253 g/mol. The summed E-state index contributed by atoms with van der Waals surface area (Å²) in [7, 11) is 0. The second-order valence-electron chi connectivity index (χ2n) is 6.25. The van der Waals surface area contributed by atoms with Gasteiger partial charge in [0.2, 0.25) is 5.91 Å². The number of nitrogens with one attached hydrogen (secondary N) is 1. The fraction of sp³-hybridized carbons (Fsp3) is 0.929. The molecule has 2 aliphatic rings. The van der Waals surface area contributed by atoms with Crippen LogP contribution in [0, 0.1) is 0 Å². The molecule has 2 rings (SSSR count). The van der Waals surface area contributed by atoms with Crippen molar-refractivity contribution in [2.24, 2.45) is 0 Å². The molecule has 2 saturated heterocycles. The molecule has 104 valence electrons. The highest BCUT2D eigenvalue weighted by atomic mass is 16.2. The summed E-state index contributed by atoms with van der Waals surface area (Å²) in [5, 5.41) is 3.29. The van der Waals surface area contributed by atoms with E-state index in [4.69, 9.17) is 0 Å². The Labute approximate surface area is 111 Å². The van der Waals surface area contributed by atoms with Gasteiger partial charge < -0.3 is 10.2 Å². The summed E-state index contributed by atoms with van der Waals surface area (Å²) in [5.74, 6) is 0.253. The molecule has 2 unspecified atom stereocenters. The molecule has 0 saturated carbocycles. The molecule has 0 radical (unpaired) electrons. The Bertz CT molecular complexity index is 316. The lowest BCUT2D eigenvalue weighted by Crippen LogP contribution is -2.63. The van der Waals surface area contributed by atoms with E-state index in [0.717, 1.165) is 19.6 Å². The first-order valence-electron chi connectivity index (χ1n) is 7.26. The van der Waals surface area contributed by atoms with Gasteiger partial charge in [-0.1, -0.05) is 6.92 Å². The Morgan fingerprint density at radius 2 is 2.11 bits per heavy atom. The zero-order chi connectivity index (χ0) is 13.3. The van der Waals surface area contributed by atoms with Crippen molar-refractivity contribution in [2.45, 2.75) is 58.2 Å². The number of hydrogen-bond acceptors (Lipinski definition) is 3. The average molecular weight is 253 g/mol. The number of carbonyl (C=O) groups excluding carboxylic acids is 1. The van der Waals surface area contributed by atoms with Gasteiger partial charge in [0.25, 0.3) is 0 Å². The molecule has 4 nitrogen and oxygen atoms in total. The molecule has 2 atom stereocenters. The van der Waals surface area contributed by atoms with E-state index in [2.05, 4.69) is 22.0 Å². The maximum absolute atomic E-state index is 12.7. The van der Waals surface area contributed by atoms with Gasteiger partial charge in [0.15, 0.2) is 0 Å². The summed E-state index contributed by atoms with van der Waals surface area (Å²) < 4.78 is 0. The second kappa shape index (κ2) is 5.17. The molecular formula is C14H27N3O. The van der Waals surface area contributed by atoms with Crippen LogP contribution in [0.5, 0.6) is 0 Å². The van der Waals surface area contributed by atoms with Gasteiger partial charge in [-0.2, -0.15) is 0 Å². The van der Waals surface area contributed by atoms with Crippen LogP contribution >= 0.6 is 0 Å². The number of rotatable bonds is 3. The molecule has 2 heterocycles. The van der Waals surface area contributed by atoms with Crippen LogP contribution < -0.4 is 5.32 Å². The maximum atomic E-state index is 12.7. The number of fused-ring (bicyclic) bond motifs is 1. The van der Waals surface area contributed by atoms with Crippen molar-refractivity contribution in [3.63, 3.8) is 0 Å². The highest BCUT2D eigenvalue weighted by molar-refractivity contribution is 5.86. The van der Waals surface area contributed by atoms with Crippen LogP contribution in [0.2, 0.25) is 0 Å². The third-order valence-electron chi connectivity index (χ3n) is 4.35. The Kier molecular flexibility index (Phi) is 3.97. The molecule has 0 aromatic rings. The van der Waals surface area contributed by atoms with Gasteiger partial charge in [0, 0.05) is 25.2 Å². The summed E-state index contributed by atoms with van der Waals surface area (Å²) >= 11 is 0. The lowest BCUT2D eigenvalue weighted by Gasteiger charge is -2.45. The van der Waals surface area contributed by atoms with Crippen molar-refractivity contribution in [3.8, 4) is 0 Å². The molecule has 0 bridgehead atoms. The van der Waals surface area contributed by atoms with Gasteiger partial charge in [0.05, 0.1) is 5.54 Å². The average Bonchev–Trinajstić information content (AvgIpc) is 2.73. The Morgan fingerprint density at radius 1 is 1.39 bits per heavy atom. The minimum absolute atomic E-state index is 0.253. The van der Waals surface area contributed by atoms with Gasteiger partial charge in [-0.15, -0.1) is 0 Å². The summed E-state index contributed by atoms with van der Waals surface area (Å²) in [6.45, 7) is 12.2. The predicted octanol–water partition coefficient (Wildman–Crippen LogP) is 1.07. The van der Waals surface area contributed by atoms with Crippen LogP contribution in [0.25, 0.3) is 0 Å². The molecule has 4 heteroatoms. The van der Waals surface area contributed by atoms with E-state index in [9.17, 15) is 4.79 Å². The first-order valence-corrected chi connectivity index (χ1v) is 7.26. The summed E-state index contributed by atoms with van der Waals surface area (Å²) in [6.07, 6.45) is 2.54. The minimum atomic E-state index is -0.441. The molecule has 2 aliphatic heterocycles. The highest BCUT2D eigenvalue weighted by Gasteiger charge is 2.40. The van der Waals surface area contributed by atoms with Gasteiger partial charge in [-0.05, 0) is 46.7 Å². The molecular weight excluding hydrogens is 226 g/mol. The van der Waals surface area contributed by atoms with Crippen molar-refractivity contribution in [2.75, 3.05) is 26.2 Å². The number of amides is 1. The van der Waals surface area contributed by atoms with Crippen molar-refractivity contribution in [3.05, 3.63) is 0 Å². The van der Waals surface area contributed by atoms with E-state index in [1.54, 1.807) is 0 Å². The largest absolute Gasteiger partial charge is 0.336 e. The van der Waals surface area contributed by atoms with Crippen molar-refractivity contribution >= 4 is 5.91 Å². The van der Waals surface area contributed by atoms with Crippen molar-refractivity contribution in [1.82, 2.24) is 15.1 Å². The third-order valence-corrected chi connectivity index (χ3v) is 4.35. The summed E-state index contributed by atoms with van der Waals surface area (Å²) in [5.41, 5.74) is -0.441. The highest BCUT2D eigenvalue weighted by Crippen LogP contribution is 2.26. The molecule has 1 amide bonds. The molecule has 0 spiro atoms. The second-order valence-corrected chi connectivity index (χ2v) is 6.25. The SMILES string of the molecule is CCNC(C)(C)C(=O)N1CC2CCCN2CC1C. The molecule has 1 N–H and O–H groups in total. The van der Waals surface area contributed by atoms with E-state index in [1.807, 2.05) is 20.8 Å². The standard InChI is InChI=1S/C14H27N3O/c1-5-15-14(3,4)13(18)17-10-12-7-6-8-16(12)9-11(17)2/h11-12,15H,5-10H2,1-4H3. The Hall–Kier alpha value is -0.610. The summed E-state index contributed by atoms with van der Waals surface area (Å²) in [4.78, 5) is 17.3. The van der Waals surface area contributed by atoms with E-state index < -0.39 is 5.54 Å². The Balaban J connectivity index is 2.05. The maximum Gasteiger partial charge on any atom is 0.242 e. The van der Waals surface area contributed by atoms with Gasteiger partial charge >= 0.3 is 0 Å². The van der Waals surface area contributed by atoms with E-state index in [0.29, 0.717) is 12.1 Å². The number of likely N-dealkylation sites (N-methyl/N-ethyl adjacent to an activating group) is 1. The predicted molar refractivity (Wildman–Crippen MR) is 73.5 cm³/mol.